The zero-order chi connectivity index (χ0) is 41.6. The Morgan fingerprint density at radius 1 is 0.625 bits per heavy atom. The zero-order valence-corrected chi connectivity index (χ0v) is 36.6. The topological polar surface area (TPSA) is 216 Å². The van der Waals surface area contributed by atoms with Crippen LogP contribution >= 0.6 is 15.6 Å². The van der Waals surface area contributed by atoms with Crippen LogP contribution in [0.3, 0.4) is 0 Å². The molecular formula is C35H71N3O16P2. The van der Waals surface area contributed by atoms with Gasteiger partial charge in [-0.15, -0.1) is 5.10 Å². The second kappa shape index (κ2) is 31.0. The minimum atomic E-state index is -4.23. The summed E-state index contributed by atoms with van der Waals surface area (Å²) in [6.45, 7) is 20.1. The predicted octanol–water partition coefficient (Wildman–Crippen LogP) is 4.62. The second-order valence-electron chi connectivity index (χ2n) is 14.8. The summed E-state index contributed by atoms with van der Waals surface area (Å²) in [4.78, 5) is 19.6. The Balaban J connectivity index is 1.91. The van der Waals surface area contributed by atoms with Gasteiger partial charge in [-0.1, -0.05) is 26.0 Å². The van der Waals surface area contributed by atoms with Crippen molar-refractivity contribution in [2.45, 2.75) is 92.4 Å². The number of hydrogen-bond acceptors (Lipinski definition) is 16. The van der Waals surface area contributed by atoms with Crippen molar-refractivity contribution in [2.24, 2.45) is 5.41 Å². The van der Waals surface area contributed by atoms with E-state index in [2.05, 4.69) is 31.1 Å². The zero-order valence-electron chi connectivity index (χ0n) is 34.8. The molecule has 0 saturated heterocycles. The van der Waals surface area contributed by atoms with Crippen LogP contribution in [0.1, 0.15) is 73.4 Å². The average Bonchev–Trinajstić information content (AvgIpc) is 3.54. The van der Waals surface area contributed by atoms with E-state index >= 15 is 0 Å². The molecule has 0 amide bonds. The van der Waals surface area contributed by atoms with Crippen LogP contribution < -0.4 is 0 Å². The number of nitrogens with zero attached hydrogens (tertiary/aromatic N) is 3. The van der Waals surface area contributed by atoms with Gasteiger partial charge in [0.2, 0.25) is 0 Å². The lowest BCUT2D eigenvalue weighted by molar-refractivity contribution is -0.0213. The van der Waals surface area contributed by atoms with E-state index in [0.717, 1.165) is 18.7 Å². The summed E-state index contributed by atoms with van der Waals surface area (Å²) < 4.78 is 89.6. The van der Waals surface area contributed by atoms with Gasteiger partial charge in [-0.2, -0.15) is 0 Å². The van der Waals surface area contributed by atoms with Gasteiger partial charge in [-0.05, 0) is 58.8 Å². The van der Waals surface area contributed by atoms with Gasteiger partial charge in [-0.25, -0.2) is 13.8 Å². The highest BCUT2D eigenvalue weighted by molar-refractivity contribution is 7.47. The molecule has 1 heterocycles. The lowest BCUT2D eigenvalue weighted by Crippen LogP contribution is -2.19. The van der Waals surface area contributed by atoms with Crippen molar-refractivity contribution < 1.29 is 74.9 Å². The van der Waals surface area contributed by atoms with Gasteiger partial charge in [0.25, 0.3) is 0 Å². The van der Waals surface area contributed by atoms with Gasteiger partial charge < -0.3 is 47.7 Å². The van der Waals surface area contributed by atoms with E-state index in [-0.39, 0.29) is 38.4 Å². The van der Waals surface area contributed by atoms with E-state index in [4.69, 9.17) is 56.0 Å². The van der Waals surface area contributed by atoms with E-state index in [1.165, 1.54) is 0 Å². The van der Waals surface area contributed by atoms with Gasteiger partial charge in [0.05, 0.1) is 136 Å². The summed E-state index contributed by atoms with van der Waals surface area (Å²) in [5.74, 6) is 0. The van der Waals surface area contributed by atoms with Crippen LogP contribution in [0.25, 0.3) is 0 Å². The van der Waals surface area contributed by atoms with Gasteiger partial charge in [0.15, 0.2) is 0 Å². The summed E-state index contributed by atoms with van der Waals surface area (Å²) >= 11 is 0. The van der Waals surface area contributed by atoms with Gasteiger partial charge >= 0.3 is 15.6 Å². The van der Waals surface area contributed by atoms with Crippen LogP contribution in [-0.4, -0.2) is 155 Å². The van der Waals surface area contributed by atoms with Crippen LogP contribution in [-0.2, 0) is 78.1 Å². The molecule has 0 aliphatic carbocycles. The van der Waals surface area contributed by atoms with Crippen molar-refractivity contribution in [2.75, 3.05) is 119 Å². The van der Waals surface area contributed by atoms with Gasteiger partial charge in [-0.3, -0.25) is 18.1 Å². The number of aromatic nitrogens is 3. The summed E-state index contributed by atoms with van der Waals surface area (Å²) in [5, 5.41) is 8.29. The molecular weight excluding hydrogens is 780 g/mol. The summed E-state index contributed by atoms with van der Waals surface area (Å²) in [7, 11) is -8.34. The number of hydrogen-bond donors (Lipinski definition) is 2. The van der Waals surface area contributed by atoms with Crippen LogP contribution in [0.5, 0.6) is 0 Å². The first-order valence-electron chi connectivity index (χ1n) is 19.3. The fourth-order valence-electron chi connectivity index (χ4n) is 4.23. The highest BCUT2D eigenvalue weighted by atomic mass is 31.2. The van der Waals surface area contributed by atoms with Gasteiger partial charge in [0, 0.05) is 12.8 Å². The molecule has 0 aromatic carbocycles. The second-order valence-corrected chi connectivity index (χ2v) is 17.6. The van der Waals surface area contributed by atoms with Crippen molar-refractivity contribution in [1.82, 2.24) is 15.0 Å². The molecule has 56 heavy (non-hydrogen) atoms. The van der Waals surface area contributed by atoms with Crippen molar-refractivity contribution in [3.63, 3.8) is 0 Å². The SMILES string of the molecule is CC(COCCOCCOCCOCCOCCOP(=O)(O)OC(C)(C)C)OP(=O)(O)OCCCCc1cn(CCOCCOCCOCCC(C)(C)C)nn1. The molecule has 0 saturated carbocycles. The summed E-state index contributed by atoms with van der Waals surface area (Å²) in [6.07, 6.45) is 4.12. The number of aryl methyl sites for hydroxylation is 1. The van der Waals surface area contributed by atoms with E-state index in [9.17, 15) is 18.9 Å². The molecule has 19 nitrogen and oxygen atoms in total. The molecule has 0 aliphatic heterocycles. The Labute approximate surface area is 333 Å². The average molecular weight is 852 g/mol. The maximum absolute atomic E-state index is 12.3. The molecule has 3 unspecified atom stereocenters. The minimum absolute atomic E-state index is 0.0627. The van der Waals surface area contributed by atoms with Crippen LogP contribution in [0.4, 0.5) is 0 Å². The molecule has 0 spiro atoms. The molecule has 0 bridgehead atoms. The molecule has 0 radical (unpaired) electrons. The molecule has 1 rings (SSSR count). The quantitative estimate of drug-likeness (QED) is 0.0685. The van der Waals surface area contributed by atoms with E-state index in [1.54, 1.807) is 32.4 Å². The minimum Gasteiger partial charge on any atom is -0.379 e. The standard InChI is InChI=1S/C35H71N3O16P2/c1-32(31-50-27-26-48-23-22-46-20-21-47-24-25-49-28-29-52-56(41,42)54-35(5,6)7)53-55(39,40)51-13-9-8-10-33-30-38(37-36-33)12-15-44-17-19-45-18-16-43-14-11-34(2,3)4/h30,32H,8-29,31H2,1-7H3,(H,39,40)(H,41,42). The van der Waals surface area contributed by atoms with Crippen molar-refractivity contribution in [3.05, 3.63) is 11.9 Å². The normalized spacial score (nSPS) is 15.2. The number of ether oxygens (including phenoxy) is 8. The molecule has 0 fully saturated rings. The Bertz CT molecular complexity index is 1180. The fourth-order valence-corrected chi connectivity index (χ4v) is 6.22. The molecule has 3 atom stereocenters. The monoisotopic (exact) mass is 851 g/mol. The Kier molecular flexibility index (Phi) is 29.4. The lowest BCUT2D eigenvalue weighted by atomic mass is 9.93. The maximum Gasteiger partial charge on any atom is 0.472 e. The van der Waals surface area contributed by atoms with Crippen molar-refractivity contribution in [1.29, 1.82) is 0 Å². The van der Waals surface area contributed by atoms with Crippen LogP contribution in [0.2, 0.25) is 0 Å². The molecule has 1 aromatic rings. The first-order valence-corrected chi connectivity index (χ1v) is 22.3. The van der Waals surface area contributed by atoms with Gasteiger partial charge in [0.1, 0.15) is 0 Å². The fraction of sp³-hybridized carbons (Fsp3) is 0.943. The third kappa shape index (κ3) is 35.0. The molecule has 0 aliphatic rings. The highest BCUT2D eigenvalue weighted by Gasteiger charge is 2.28. The lowest BCUT2D eigenvalue weighted by Gasteiger charge is -2.22. The smallest absolute Gasteiger partial charge is 0.379 e. The molecule has 21 heteroatoms. The first-order chi connectivity index (χ1) is 26.5. The third-order valence-electron chi connectivity index (χ3n) is 6.90. The van der Waals surface area contributed by atoms with Crippen molar-refractivity contribution in [3.8, 4) is 0 Å². The maximum atomic E-state index is 12.3. The highest BCUT2D eigenvalue weighted by Crippen LogP contribution is 2.47. The van der Waals surface area contributed by atoms with E-state index in [1.807, 2.05) is 6.20 Å². The van der Waals surface area contributed by atoms with Crippen LogP contribution in [0, 0.1) is 5.41 Å². The van der Waals surface area contributed by atoms with Crippen molar-refractivity contribution >= 4 is 15.6 Å². The number of phosphoric ester groups is 2. The molecule has 332 valence electrons. The van der Waals surface area contributed by atoms with E-state index in [0.29, 0.717) is 105 Å². The molecule has 1 aromatic heterocycles. The summed E-state index contributed by atoms with van der Waals surface area (Å²) in [6, 6.07) is 0. The first kappa shape index (κ1) is 53.1. The number of rotatable bonds is 38. The number of phosphoric acid groups is 2. The largest absolute Gasteiger partial charge is 0.472 e. The summed E-state index contributed by atoms with van der Waals surface area (Å²) in [5.41, 5.74) is 0.300. The van der Waals surface area contributed by atoms with E-state index < -0.39 is 27.4 Å². The third-order valence-corrected chi connectivity index (χ3v) is 9.32. The Morgan fingerprint density at radius 3 is 1.61 bits per heavy atom. The number of unbranched alkanes of at least 4 members (excludes halogenated alkanes) is 1. The molecule has 2 N–H and O–H groups in total. The predicted molar refractivity (Wildman–Crippen MR) is 207 cm³/mol. The Hall–Kier alpha value is -0.960. The Morgan fingerprint density at radius 2 is 1.09 bits per heavy atom. The van der Waals surface area contributed by atoms with Crippen LogP contribution in [0.15, 0.2) is 6.20 Å².